The van der Waals surface area contributed by atoms with Crippen molar-refractivity contribution >= 4 is 29.0 Å². The van der Waals surface area contributed by atoms with Crippen LogP contribution in [0.1, 0.15) is 31.7 Å². The number of hydrogen-bond acceptors (Lipinski definition) is 4. The minimum atomic E-state index is -0.347. The van der Waals surface area contributed by atoms with Gasteiger partial charge in [-0.05, 0) is 61.2 Å². The number of hydrogen-bond donors (Lipinski definition) is 2. The van der Waals surface area contributed by atoms with Gasteiger partial charge in [0.2, 0.25) is 0 Å². The van der Waals surface area contributed by atoms with Gasteiger partial charge in [0.25, 0.3) is 5.91 Å². The normalized spacial score (nSPS) is 12.8. The van der Waals surface area contributed by atoms with Crippen LogP contribution in [0.4, 0.5) is 21.9 Å². The molecule has 3 rings (SSSR count). The molecule has 0 radical (unpaired) electrons. The number of carbonyl (C=O) groups excluding carboxylic acids is 2. The molecular formula is C23H29N3O4. The van der Waals surface area contributed by atoms with E-state index in [0.29, 0.717) is 24.5 Å². The summed E-state index contributed by atoms with van der Waals surface area (Å²) in [6.07, 6.45) is 3.91. The Hall–Kier alpha value is -3.06. The van der Waals surface area contributed by atoms with Crippen LogP contribution in [0, 0.1) is 0 Å². The number of unbranched alkanes of at least 4 members (excludes halogenated alkanes) is 1. The molecule has 7 heteroatoms. The number of rotatable bonds is 8. The first kappa shape index (κ1) is 21.6. The number of urea groups is 1. The molecule has 7 nitrogen and oxygen atoms in total. The van der Waals surface area contributed by atoms with Crippen molar-refractivity contribution in [3.8, 4) is 5.75 Å². The van der Waals surface area contributed by atoms with Gasteiger partial charge in [0.05, 0.1) is 6.61 Å². The van der Waals surface area contributed by atoms with Gasteiger partial charge in [0, 0.05) is 30.7 Å². The molecule has 30 heavy (non-hydrogen) atoms. The number of aryl methyl sites for hydroxylation is 1. The topological polar surface area (TPSA) is 79.9 Å². The highest BCUT2D eigenvalue weighted by atomic mass is 16.5. The third kappa shape index (κ3) is 5.73. The second-order valence-electron chi connectivity index (χ2n) is 7.23. The number of amides is 3. The van der Waals surface area contributed by atoms with Gasteiger partial charge in [-0.3, -0.25) is 4.79 Å². The molecule has 0 saturated carbocycles. The molecule has 0 unspecified atom stereocenters. The van der Waals surface area contributed by atoms with Crippen LogP contribution in [0.3, 0.4) is 0 Å². The van der Waals surface area contributed by atoms with E-state index in [1.54, 1.807) is 17.0 Å². The summed E-state index contributed by atoms with van der Waals surface area (Å²) in [4.78, 5) is 26.5. The Kier molecular flexibility index (Phi) is 7.68. The monoisotopic (exact) mass is 411 g/mol. The summed E-state index contributed by atoms with van der Waals surface area (Å²) in [5, 5.41) is 5.65. The molecule has 1 heterocycles. The average Bonchev–Trinajstić information content (AvgIpc) is 2.75. The summed E-state index contributed by atoms with van der Waals surface area (Å²) in [6.45, 7) is 3.49. The Morgan fingerprint density at radius 3 is 2.53 bits per heavy atom. The Morgan fingerprint density at radius 2 is 1.80 bits per heavy atom. The van der Waals surface area contributed by atoms with Gasteiger partial charge in [-0.25, -0.2) is 4.79 Å². The lowest BCUT2D eigenvalue weighted by molar-refractivity contribution is -0.122. The third-order valence-electron chi connectivity index (χ3n) is 4.91. The Bertz CT molecular complexity index is 867. The van der Waals surface area contributed by atoms with Crippen LogP contribution in [0.2, 0.25) is 0 Å². The molecule has 0 atom stereocenters. The van der Waals surface area contributed by atoms with Crippen LogP contribution in [0.25, 0.3) is 0 Å². The SMILES string of the molecule is CCCCOc1ccc(NC(=O)Nc2ccc3c(c2)N(C(=O)COC)CCC3)cc1. The van der Waals surface area contributed by atoms with Crippen molar-refractivity contribution in [2.75, 3.05) is 42.4 Å². The Labute approximate surface area is 177 Å². The summed E-state index contributed by atoms with van der Waals surface area (Å²) in [7, 11) is 1.51. The van der Waals surface area contributed by atoms with E-state index in [-0.39, 0.29) is 18.5 Å². The first-order valence-corrected chi connectivity index (χ1v) is 10.3. The zero-order valence-electron chi connectivity index (χ0n) is 17.6. The summed E-state index contributed by atoms with van der Waals surface area (Å²) in [5.41, 5.74) is 3.22. The van der Waals surface area contributed by atoms with Gasteiger partial charge in [0.1, 0.15) is 12.4 Å². The second kappa shape index (κ2) is 10.6. The van der Waals surface area contributed by atoms with E-state index in [0.717, 1.165) is 42.7 Å². The summed E-state index contributed by atoms with van der Waals surface area (Å²) in [6, 6.07) is 12.6. The highest BCUT2D eigenvalue weighted by Crippen LogP contribution is 2.30. The lowest BCUT2D eigenvalue weighted by Crippen LogP contribution is -2.37. The minimum Gasteiger partial charge on any atom is -0.494 e. The Morgan fingerprint density at radius 1 is 1.07 bits per heavy atom. The van der Waals surface area contributed by atoms with Crippen molar-refractivity contribution < 1.29 is 19.1 Å². The number of benzene rings is 2. The van der Waals surface area contributed by atoms with E-state index in [9.17, 15) is 9.59 Å². The highest BCUT2D eigenvalue weighted by molar-refractivity contribution is 6.01. The zero-order chi connectivity index (χ0) is 21.3. The first-order chi connectivity index (χ1) is 14.6. The smallest absolute Gasteiger partial charge is 0.323 e. The van der Waals surface area contributed by atoms with Gasteiger partial charge in [-0.1, -0.05) is 19.4 Å². The molecule has 2 aromatic carbocycles. The lowest BCUT2D eigenvalue weighted by atomic mass is 10.0. The molecule has 0 fully saturated rings. The van der Waals surface area contributed by atoms with Crippen molar-refractivity contribution in [2.45, 2.75) is 32.6 Å². The molecule has 2 N–H and O–H groups in total. The molecule has 0 aliphatic carbocycles. The fourth-order valence-corrected chi connectivity index (χ4v) is 3.38. The molecule has 1 aliphatic rings. The van der Waals surface area contributed by atoms with Crippen molar-refractivity contribution in [3.63, 3.8) is 0 Å². The van der Waals surface area contributed by atoms with E-state index in [1.165, 1.54) is 7.11 Å². The summed E-state index contributed by atoms with van der Waals surface area (Å²) >= 11 is 0. The maximum absolute atomic E-state index is 12.4. The number of fused-ring (bicyclic) bond motifs is 1. The number of nitrogens with zero attached hydrogens (tertiary/aromatic N) is 1. The lowest BCUT2D eigenvalue weighted by Gasteiger charge is -2.29. The van der Waals surface area contributed by atoms with E-state index < -0.39 is 0 Å². The molecule has 0 spiro atoms. The molecule has 160 valence electrons. The number of nitrogens with one attached hydrogen (secondary N) is 2. The minimum absolute atomic E-state index is 0.0374. The van der Waals surface area contributed by atoms with Crippen LogP contribution < -0.4 is 20.3 Å². The molecule has 0 saturated heterocycles. The van der Waals surface area contributed by atoms with E-state index in [4.69, 9.17) is 9.47 Å². The quantitative estimate of drug-likeness (QED) is 0.630. The standard InChI is InChI=1S/C23H29N3O4/c1-3-4-14-30-20-11-9-18(10-12-20)24-23(28)25-19-8-7-17-6-5-13-26(21(17)15-19)22(27)16-29-2/h7-12,15H,3-6,13-14,16H2,1-2H3,(H2,24,25,28). The van der Waals surface area contributed by atoms with Crippen LogP contribution >= 0.6 is 0 Å². The molecule has 2 aromatic rings. The van der Waals surface area contributed by atoms with E-state index >= 15 is 0 Å². The number of anilines is 3. The van der Waals surface area contributed by atoms with Crippen molar-refractivity contribution in [3.05, 3.63) is 48.0 Å². The van der Waals surface area contributed by atoms with Crippen molar-refractivity contribution in [2.24, 2.45) is 0 Å². The highest BCUT2D eigenvalue weighted by Gasteiger charge is 2.22. The maximum atomic E-state index is 12.4. The number of ether oxygens (including phenoxy) is 2. The van der Waals surface area contributed by atoms with E-state index in [1.807, 2.05) is 30.3 Å². The third-order valence-corrected chi connectivity index (χ3v) is 4.91. The summed E-state index contributed by atoms with van der Waals surface area (Å²) in [5.74, 6) is 0.700. The fraction of sp³-hybridized carbons (Fsp3) is 0.391. The predicted octanol–water partition coefficient (Wildman–Crippen LogP) is 4.44. The first-order valence-electron chi connectivity index (χ1n) is 10.3. The largest absolute Gasteiger partial charge is 0.494 e. The number of carbonyl (C=O) groups is 2. The molecule has 0 aromatic heterocycles. The molecule has 3 amide bonds. The van der Waals surface area contributed by atoms with E-state index in [2.05, 4.69) is 17.6 Å². The van der Waals surface area contributed by atoms with Gasteiger partial charge >= 0.3 is 6.03 Å². The van der Waals surface area contributed by atoms with Gasteiger partial charge in [-0.2, -0.15) is 0 Å². The second-order valence-corrected chi connectivity index (χ2v) is 7.23. The fourth-order valence-electron chi connectivity index (χ4n) is 3.38. The zero-order valence-corrected chi connectivity index (χ0v) is 17.6. The van der Waals surface area contributed by atoms with Crippen LogP contribution in [-0.2, 0) is 16.0 Å². The van der Waals surface area contributed by atoms with Crippen molar-refractivity contribution in [1.82, 2.24) is 0 Å². The Balaban J connectivity index is 1.61. The van der Waals surface area contributed by atoms with Gasteiger partial charge < -0.3 is 25.0 Å². The average molecular weight is 412 g/mol. The number of methoxy groups -OCH3 is 1. The molecule has 0 bridgehead atoms. The molecule has 1 aliphatic heterocycles. The molecular weight excluding hydrogens is 382 g/mol. The van der Waals surface area contributed by atoms with Crippen LogP contribution in [-0.4, -0.2) is 38.8 Å². The van der Waals surface area contributed by atoms with Crippen molar-refractivity contribution in [1.29, 1.82) is 0 Å². The van der Waals surface area contributed by atoms with Crippen LogP contribution in [0.15, 0.2) is 42.5 Å². The van der Waals surface area contributed by atoms with Gasteiger partial charge in [-0.15, -0.1) is 0 Å². The predicted molar refractivity (Wildman–Crippen MR) is 118 cm³/mol. The summed E-state index contributed by atoms with van der Waals surface area (Å²) < 4.78 is 10.6. The van der Waals surface area contributed by atoms with Gasteiger partial charge in [0.15, 0.2) is 0 Å². The van der Waals surface area contributed by atoms with Crippen LogP contribution in [0.5, 0.6) is 5.75 Å². The maximum Gasteiger partial charge on any atom is 0.323 e.